The third kappa shape index (κ3) is 7.42. The van der Waals surface area contributed by atoms with Crippen molar-refractivity contribution >= 4 is 11.8 Å². The number of ether oxygens (including phenoxy) is 2. The Hall–Kier alpha value is -1.96. The Morgan fingerprint density at radius 3 is 2.69 bits per heavy atom. The molecule has 29 heavy (non-hydrogen) atoms. The fourth-order valence-electron chi connectivity index (χ4n) is 3.58. The van der Waals surface area contributed by atoms with Gasteiger partial charge in [0.05, 0.1) is 6.04 Å². The third-order valence-electron chi connectivity index (χ3n) is 5.28. The molecule has 2 rings (SSSR count). The van der Waals surface area contributed by atoms with Crippen LogP contribution in [0.25, 0.3) is 0 Å². The maximum atomic E-state index is 12.9. The van der Waals surface area contributed by atoms with Gasteiger partial charge in [0.2, 0.25) is 5.91 Å². The fourth-order valence-corrected chi connectivity index (χ4v) is 3.58. The molecule has 0 aromatic heterocycles. The molecule has 0 spiro atoms. The van der Waals surface area contributed by atoms with E-state index in [0.717, 1.165) is 50.5 Å². The second kappa shape index (κ2) is 12.6. The highest BCUT2D eigenvalue weighted by molar-refractivity contribution is 5.94. The van der Waals surface area contributed by atoms with Gasteiger partial charge >= 0.3 is 0 Å². The molecule has 1 aromatic rings. The van der Waals surface area contributed by atoms with E-state index >= 15 is 0 Å². The van der Waals surface area contributed by atoms with E-state index in [1.165, 1.54) is 0 Å². The normalized spacial score (nSPS) is 17.9. The van der Waals surface area contributed by atoms with E-state index in [1.807, 2.05) is 24.3 Å². The number of piperidine rings is 1. The Balaban J connectivity index is 1.88. The zero-order valence-corrected chi connectivity index (χ0v) is 17.7. The summed E-state index contributed by atoms with van der Waals surface area (Å²) in [5.41, 5.74) is 7.23. The number of rotatable bonds is 12. The molecule has 1 unspecified atom stereocenters. The number of benzene rings is 1. The van der Waals surface area contributed by atoms with Crippen LogP contribution in [0.5, 0.6) is 0 Å². The summed E-state index contributed by atoms with van der Waals surface area (Å²) in [5, 5.41) is 3.24. The average Bonchev–Trinajstić information content (AvgIpc) is 2.74. The lowest BCUT2D eigenvalue weighted by molar-refractivity contribution is -0.130. The smallest absolute Gasteiger partial charge is 0.255 e. The monoisotopic (exact) mass is 405 g/mol. The number of likely N-dealkylation sites (tertiary alicyclic amines) is 1. The van der Waals surface area contributed by atoms with Crippen molar-refractivity contribution in [1.29, 1.82) is 0 Å². The maximum Gasteiger partial charge on any atom is 0.255 e. The van der Waals surface area contributed by atoms with Crippen molar-refractivity contribution in [2.24, 2.45) is 5.73 Å². The summed E-state index contributed by atoms with van der Waals surface area (Å²) in [7, 11) is 1.58. The van der Waals surface area contributed by atoms with Crippen LogP contribution < -0.4 is 11.1 Å². The number of amides is 2. The van der Waals surface area contributed by atoms with E-state index in [-0.39, 0.29) is 30.9 Å². The Bertz CT molecular complexity index is 635. The van der Waals surface area contributed by atoms with Gasteiger partial charge in [-0.2, -0.15) is 0 Å². The fraction of sp³-hybridized carbons (Fsp3) is 0.636. The molecule has 162 valence electrons. The summed E-state index contributed by atoms with van der Waals surface area (Å²) in [6, 6.07) is 7.38. The van der Waals surface area contributed by atoms with Gasteiger partial charge in [0.25, 0.3) is 5.91 Å². The molecule has 0 radical (unpaired) electrons. The number of primary amides is 1. The van der Waals surface area contributed by atoms with Gasteiger partial charge in [-0.3, -0.25) is 9.59 Å². The molecule has 1 fully saturated rings. The van der Waals surface area contributed by atoms with Crippen molar-refractivity contribution in [3.05, 3.63) is 35.4 Å². The van der Waals surface area contributed by atoms with E-state index in [4.69, 9.17) is 15.2 Å². The highest BCUT2D eigenvalue weighted by Gasteiger charge is 2.28. The molecule has 1 saturated heterocycles. The van der Waals surface area contributed by atoms with Crippen molar-refractivity contribution in [2.75, 3.05) is 27.0 Å². The quantitative estimate of drug-likeness (QED) is 0.521. The van der Waals surface area contributed by atoms with E-state index in [1.54, 1.807) is 12.0 Å². The second-order valence-corrected chi connectivity index (χ2v) is 7.52. The first-order valence-electron chi connectivity index (χ1n) is 10.6. The highest BCUT2D eigenvalue weighted by atomic mass is 16.7. The predicted molar refractivity (Wildman–Crippen MR) is 112 cm³/mol. The van der Waals surface area contributed by atoms with E-state index in [9.17, 15) is 9.59 Å². The van der Waals surface area contributed by atoms with Crippen LogP contribution in [-0.4, -0.2) is 56.0 Å². The Morgan fingerprint density at radius 1 is 1.28 bits per heavy atom. The zero-order chi connectivity index (χ0) is 21.1. The van der Waals surface area contributed by atoms with Crippen LogP contribution in [0.1, 0.15) is 61.4 Å². The maximum absolute atomic E-state index is 12.9. The summed E-state index contributed by atoms with van der Waals surface area (Å²) < 4.78 is 10.7. The van der Waals surface area contributed by atoms with Gasteiger partial charge < -0.3 is 25.4 Å². The molecule has 0 bridgehead atoms. The largest absolute Gasteiger partial charge is 0.368 e. The van der Waals surface area contributed by atoms with Gasteiger partial charge in [-0.05, 0) is 56.3 Å². The Morgan fingerprint density at radius 2 is 2.03 bits per heavy atom. The van der Waals surface area contributed by atoms with Crippen molar-refractivity contribution < 1.29 is 19.1 Å². The van der Waals surface area contributed by atoms with Crippen LogP contribution in [0.15, 0.2) is 24.3 Å². The van der Waals surface area contributed by atoms with Gasteiger partial charge in [-0.15, -0.1) is 0 Å². The minimum atomic E-state index is -0.300. The van der Waals surface area contributed by atoms with Crippen LogP contribution in [0, 0.1) is 0 Å². The lowest BCUT2D eigenvalue weighted by Crippen LogP contribution is -2.45. The summed E-state index contributed by atoms with van der Waals surface area (Å²) in [6.07, 6.45) is 6.19. The number of hydrogen-bond donors (Lipinski definition) is 2. The van der Waals surface area contributed by atoms with Gasteiger partial charge in [-0.1, -0.05) is 31.9 Å². The van der Waals surface area contributed by atoms with E-state index in [0.29, 0.717) is 18.7 Å². The van der Waals surface area contributed by atoms with Crippen molar-refractivity contribution in [2.45, 2.75) is 64.1 Å². The number of nitrogens with one attached hydrogen (secondary N) is 1. The molecule has 2 amide bonds. The summed E-state index contributed by atoms with van der Waals surface area (Å²) in [6.45, 7) is 3.65. The van der Waals surface area contributed by atoms with Crippen molar-refractivity contribution in [1.82, 2.24) is 10.2 Å². The topological polar surface area (TPSA) is 93.9 Å². The molecule has 1 heterocycles. The van der Waals surface area contributed by atoms with Crippen molar-refractivity contribution in [3.8, 4) is 0 Å². The first kappa shape index (κ1) is 23.3. The summed E-state index contributed by atoms with van der Waals surface area (Å²) >= 11 is 0. The number of carbonyl (C=O) groups is 2. The molecule has 1 aliphatic rings. The van der Waals surface area contributed by atoms with Gasteiger partial charge in [-0.25, -0.2) is 0 Å². The van der Waals surface area contributed by atoms with Crippen LogP contribution in [-0.2, 0) is 20.7 Å². The molecule has 1 aromatic carbocycles. The first-order valence-corrected chi connectivity index (χ1v) is 10.6. The molecule has 2 atom stereocenters. The molecule has 7 heteroatoms. The number of unbranched alkanes of at least 4 members (excludes halogenated alkanes) is 1. The zero-order valence-electron chi connectivity index (χ0n) is 17.7. The van der Waals surface area contributed by atoms with Crippen molar-refractivity contribution in [3.63, 3.8) is 0 Å². The average molecular weight is 406 g/mol. The lowest BCUT2D eigenvalue weighted by Gasteiger charge is -2.35. The number of nitrogens with two attached hydrogens (primary N) is 1. The molecular formula is C22H35N3O4. The number of methoxy groups -OCH3 is 1. The van der Waals surface area contributed by atoms with Crippen LogP contribution >= 0.6 is 0 Å². The molecule has 1 aliphatic heterocycles. The minimum Gasteiger partial charge on any atom is -0.368 e. The standard InChI is InChI=1S/C22H35N3O4/c1-3-4-7-19(21(23)26)24-14-13-17-9-11-18(12-10-17)22(27)25-15-6-5-8-20(25)29-16-28-2/h9-12,19-20,24H,3-8,13-16H2,1-2H3,(H2,23,26)/t19-,20?/m0/s1. The first-order chi connectivity index (χ1) is 14.1. The third-order valence-corrected chi connectivity index (χ3v) is 5.28. The minimum absolute atomic E-state index is 0.0103. The number of nitrogens with zero attached hydrogens (tertiary/aromatic N) is 1. The van der Waals surface area contributed by atoms with E-state index in [2.05, 4.69) is 12.2 Å². The molecule has 7 nitrogen and oxygen atoms in total. The van der Waals surface area contributed by atoms with Gasteiger partial charge in [0.1, 0.15) is 13.0 Å². The number of carbonyl (C=O) groups excluding carboxylic acids is 2. The molecule has 0 aliphatic carbocycles. The molecular weight excluding hydrogens is 370 g/mol. The Kier molecular flexibility index (Phi) is 10.1. The summed E-state index contributed by atoms with van der Waals surface area (Å²) in [5.74, 6) is -0.310. The lowest BCUT2D eigenvalue weighted by atomic mass is 10.0. The van der Waals surface area contributed by atoms with Crippen LogP contribution in [0.4, 0.5) is 0 Å². The van der Waals surface area contributed by atoms with E-state index < -0.39 is 0 Å². The Labute approximate surface area is 173 Å². The van der Waals surface area contributed by atoms with Crippen LogP contribution in [0.3, 0.4) is 0 Å². The number of hydrogen-bond acceptors (Lipinski definition) is 5. The summed E-state index contributed by atoms with van der Waals surface area (Å²) in [4.78, 5) is 26.2. The van der Waals surface area contributed by atoms with Crippen LogP contribution in [0.2, 0.25) is 0 Å². The second-order valence-electron chi connectivity index (χ2n) is 7.52. The predicted octanol–water partition coefficient (Wildman–Crippen LogP) is 2.44. The molecule has 0 saturated carbocycles. The van der Waals surface area contributed by atoms with Gasteiger partial charge in [0, 0.05) is 19.2 Å². The SMILES string of the molecule is CCCC[C@H](NCCc1ccc(C(=O)N2CCCCC2OCOC)cc1)C(N)=O. The molecule has 3 N–H and O–H groups in total. The highest BCUT2D eigenvalue weighted by Crippen LogP contribution is 2.21. The van der Waals surface area contributed by atoms with Gasteiger partial charge in [0.15, 0.2) is 0 Å².